The van der Waals surface area contributed by atoms with E-state index in [9.17, 15) is 0 Å². The zero-order valence-corrected chi connectivity index (χ0v) is 13.0. The second-order valence-corrected chi connectivity index (χ2v) is 6.16. The zero-order chi connectivity index (χ0) is 14.9. The molecule has 2 N–H and O–H groups in total. The van der Waals surface area contributed by atoms with E-state index in [2.05, 4.69) is 17.2 Å². The summed E-state index contributed by atoms with van der Waals surface area (Å²) >= 11 is 5.25. The topological polar surface area (TPSA) is 42.5 Å². The summed E-state index contributed by atoms with van der Waals surface area (Å²) < 4.78 is 12.0. The van der Waals surface area contributed by atoms with E-state index in [1.165, 1.54) is 0 Å². The van der Waals surface area contributed by atoms with Gasteiger partial charge in [-0.05, 0) is 44.1 Å². The Labute approximate surface area is 130 Å². The highest BCUT2D eigenvalue weighted by molar-refractivity contribution is 7.80. The van der Waals surface area contributed by atoms with Crippen molar-refractivity contribution in [2.45, 2.75) is 38.4 Å². The van der Waals surface area contributed by atoms with Crippen LogP contribution in [-0.2, 0) is 0 Å². The van der Waals surface area contributed by atoms with Crippen LogP contribution < -0.4 is 20.1 Å². The number of benzene rings is 1. The van der Waals surface area contributed by atoms with E-state index in [-0.39, 0.29) is 0 Å². The molecule has 0 atom stereocenters. The number of thiocarbonyl (C=S) groups is 1. The molecule has 1 aliphatic heterocycles. The first-order chi connectivity index (χ1) is 10.1. The average molecular weight is 304 g/mol. The van der Waals surface area contributed by atoms with Crippen LogP contribution in [0.3, 0.4) is 0 Å². The Morgan fingerprint density at radius 1 is 1.29 bits per heavy atom. The Bertz CT molecular complexity index is 580. The molecule has 4 nitrogen and oxygen atoms in total. The summed E-state index contributed by atoms with van der Waals surface area (Å²) in [4.78, 5) is 0. The summed E-state index contributed by atoms with van der Waals surface area (Å²) in [7, 11) is 0. The molecular formula is C16H20N2O2S. The Kier molecular flexibility index (Phi) is 3.76. The lowest BCUT2D eigenvalue weighted by Crippen LogP contribution is -2.34. The van der Waals surface area contributed by atoms with E-state index in [4.69, 9.17) is 21.7 Å². The van der Waals surface area contributed by atoms with Gasteiger partial charge in [-0.3, -0.25) is 0 Å². The van der Waals surface area contributed by atoms with Crippen LogP contribution in [0.1, 0.15) is 32.6 Å². The molecule has 5 heteroatoms. The van der Waals surface area contributed by atoms with Gasteiger partial charge in [-0.2, -0.15) is 0 Å². The SMILES string of the molecule is C=C(C)CNC(=S)Nc1ccc2c(c1)OC1(CCCC1)O2. The second kappa shape index (κ2) is 5.56. The van der Waals surface area contributed by atoms with Crippen LogP contribution in [0, 0.1) is 0 Å². The number of hydrogen-bond donors (Lipinski definition) is 2. The zero-order valence-electron chi connectivity index (χ0n) is 12.2. The number of anilines is 1. The van der Waals surface area contributed by atoms with Gasteiger partial charge < -0.3 is 20.1 Å². The van der Waals surface area contributed by atoms with Gasteiger partial charge in [0, 0.05) is 31.1 Å². The normalized spacial score (nSPS) is 17.8. The number of rotatable bonds is 3. The second-order valence-electron chi connectivity index (χ2n) is 5.75. The standard InChI is InChI=1S/C16H20N2O2S/c1-11(2)10-17-15(21)18-12-5-6-13-14(9-12)20-16(19-13)7-3-4-8-16/h5-6,9H,1,3-4,7-8,10H2,2H3,(H2,17,18,21). The molecule has 0 amide bonds. The van der Waals surface area contributed by atoms with Gasteiger partial charge in [0.2, 0.25) is 0 Å². The van der Waals surface area contributed by atoms with Crippen molar-refractivity contribution in [3.63, 3.8) is 0 Å². The number of nitrogens with one attached hydrogen (secondary N) is 2. The Morgan fingerprint density at radius 2 is 2.00 bits per heavy atom. The largest absolute Gasteiger partial charge is 0.448 e. The average Bonchev–Trinajstić information content (AvgIpc) is 3.02. The van der Waals surface area contributed by atoms with E-state index < -0.39 is 5.79 Å². The Balaban J connectivity index is 1.65. The maximum Gasteiger partial charge on any atom is 0.251 e. The predicted octanol–water partition coefficient (Wildman–Crippen LogP) is 3.59. The lowest BCUT2D eigenvalue weighted by Gasteiger charge is -2.21. The minimum atomic E-state index is -0.417. The molecule has 21 heavy (non-hydrogen) atoms. The molecule has 1 fully saturated rings. The molecule has 1 heterocycles. The fourth-order valence-electron chi connectivity index (χ4n) is 2.70. The summed E-state index contributed by atoms with van der Waals surface area (Å²) in [6.45, 7) is 6.46. The summed E-state index contributed by atoms with van der Waals surface area (Å²) in [6, 6.07) is 5.83. The van der Waals surface area contributed by atoms with E-state index in [1.807, 2.05) is 25.1 Å². The smallest absolute Gasteiger partial charge is 0.251 e. The van der Waals surface area contributed by atoms with Crippen LogP contribution in [0.2, 0.25) is 0 Å². The first kappa shape index (κ1) is 14.2. The summed E-state index contributed by atoms with van der Waals surface area (Å²) in [5.74, 6) is 1.20. The molecule has 0 saturated heterocycles. The molecule has 2 aliphatic rings. The van der Waals surface area contributed by atoms with Crippen LogP contribution in [0.15, 0.2) is 30.4 Å². The highest BCUT2D eigenvalue weighted by atomic mass is 32.1. The van der Waals surface area contributed by atoms with E-state index in [1.54, 1.807) is 0 Å². The lowest BCUT2D eigenvalue weighted by atomic mass is 10.2. The van der Waals surface area contributed by atoms with E-state index in [0.717, 1.165) is 48.4 Å². The molecule has 0 bridgehead atoms. The van der Waals surface area contributed by atoms with Crippen molar-refractivity contribution in [3.05, 3.63) is 30.4 Å². The van der Waals surface area contributed by atoms with Crippen molar-refractivity contribution >= 4 is 23.0 Å². The van der Waals surface area contributed by atoms with Crippen molar-refractivity contribution in [2.75, 3.05) is 11.9 Å². The van der Waals surface area contributed by atoms with Gasteiger partial charge >= 0.3 is 0 Å². The molecule has 0 radical (unpaired) electrons. The van der Waals surface area contributed by atoms with Crippen molar-refractivity contribution in [3.8, 4) is 11.5 Å². The third-order valence-corrected chi connectivity index (χ3v) is 3.96. The highest BCUT2D eigenvalue weighted by Gasteiger charge is 2.44. The van der Waals surface area contributed by atoms with Crippen molar-refractivity contribution in [1.29, 1.82) is 0 Å². The highest BCUT2D eigenvalue weighted by Crippen LogP contribution is 2.47. The van der Waals surface area contributed by atoms with Gasteiger partial charge in [0.25, 0.3) is 5.79 Å². The van der Waals surface area contributed by atoms with Crippen LogP contribution in [0.4, 0.5) is 5.69 Å². The van der Waals surface area contributed by atoms with Crippen LogP contribution in [0.25, 0.3) is 0 Å². The monoisotopic (exact) mass is 304 g/mol. The van der Waals surface area contributed by atoms with Crippen LogP contribution >= 0.6 is 12.2 Å². The minimum absolute atomic E-state index is 0.417. The van der Waals surface area contributed by atoms with Gasteiger partial charge in [-0.15, -0.1) is 0 Å². The van der Waals surface area contributed by atoms with Gasteiger partial charge in [0.05, 0.1) is 0 Å². The molecule has 3 rings (SSSR count). The van der Waals surface area contributed by atoms with Gasteiger partial charge in [-0.25, -0.2) is 0 Å². The molecule has 1 spiro atoms. The quantitative estimate of drug-likeness (QED) is 0.660. The van der Waals surface area contributed by atoms with Crippen LogP contribution in [0.5, 0.6) is 11.5 Å². The molecular weight excluding hydrogens is 284 g/mol. The van der Waals surface area contributed by atoms with Gasteiger partial charge in [-0.1, -0.05) is 12.2 Å². The maximum absolute atomic E-state index is 6.04. The van der Waals surface area contributed by atoms with Crippen molar-refractivity contribution in [1.82, 2.24) is 5.32 Å². The minimum Gasteiger partial charge on any atom is -0.448 e. The fraction of sp³-hybridized carbons (Fsp3) is 0.438. The van der Waals surface area contributed by atoms with Crippen molar-refractivity contribution in [2.24, 2.45) is 0 Å². The molecule has 0 aromatic heterocycles. The fourth-order valence-corrected chi connectivity index (χ4v) is 2.89. The first-order valence-electron chi connectivity index (χ1n) is 7.28. The summed E-state index contributed by atoms with van der Waals surface area (Å²) in [6.07, 6.45) is 4.24. The van der Waals surface area contributed by atoms with Crippen molar-refractivity contribution < 1.29 is 9.47 Å². The summed E-state index contributed by atoms with van der Waals surface area (Å²) in [5.41, 5.74) is 1.93. The predicted molar refractivity (Wildman–Crippen MR) is 87.9 cm³/mol. The van der Waals surface area contributed by atoms with E-state index in [0.29, 0.717) is 11.7 Å². The number of hydrogen-bond acceptors (Lipinski definition) is 3. The number of ether oxygens (including phenoxy) is 2. The third kappa shape index (κ3) is 3.13. The molecule has 112 valence electrons. The Morgan fingerprint density at radius 3 is 2.71 bits per heavy atom. The van der Waals surface area contributed by atoms with E-state index >= 15 is 0 Å². The first-order valence-corrected chi connectivity index (χ1v) is 7.68. The molecule has 1 saturated carbocycles. The lowest BCUT2D eigenvalue weighted by molar-refractivity contribution is -0.0716. The Hall–Kier alpha value is -1.75. The third-order valence-electron chi connectivity index (χ3n) is 3.71. The van der Waals surface area contributed by atoms with Crippen LogP contribution in [-0.4, -0.2) is 17.4 Å². The maximum atomic E-state index is 6.04. The molecule has 1 aromatic carbocycles. The van der Waals surface area contributed by atoms with Gasteiger partial charge in [0.15, 0.2) is 16.6 Å². The summed E-state index contributed by atoms with van der Waals surface area (Å²) in [5, 5.41) is 6.82. The molecule has 1 aromatic rings. The molecule has 0 unspecified atom stereocenters. The van der Waals surface area contributed by atoms with Gasteiger partial charge in [0.1, 0.15) is 0 Å². The number of fused-ring (bicyclic) bond motifs is 1. The molecule has 1 aliphatic carbocycles.